The number of alkyl halides is 2. The van der Waals surface area contributed by atoms with Gasteiger partial charge < -0.3 is 9.72 Å². The lowest BCUT2D eigenvalue weighted by Crippen LogP contribution is -2.22. The topological polar surface area (TPSA) is 89.9 Å². The summed E-state index contributed by atoms with van der Waals surface area (Å²) in [4.78, 5) is 35.4. The Morgan fingerprint density at radius 2 is 2.07 bits per heavy atom. The highest BCUT2D eigenvalue weighted by Crippen LogP contribution is 2.24. The van der Waals surface area contributed by atoms with Crippen LogP contribution in [0.4, 0.5) is 8.78 Å². The van der Waals surface area contributed by atoms with Gasteiger partial charge in [-0.15, -0.1) is 0 Å². The second kappa shape index (κ2) is 8.84. The summed E-state index contributed by atoms with van der Waals surface area (Å²) in [7, 11) is 1.39. The maximum Gasteiger partial charge on any atom is 0.292 e. The lowest BCUT2D eigenvalue weighted by atomic mass is 10.2. The Hall–Kier alpha value is -2.58. The molecule has 152 valence electrons. The van der Waals surface area contributed by atoms with Crippen LogP contribution in [0.15, 0.2) is 57.5 Å². The van der Waals surface area contributed by atoms with E-state index in [1.165, 1.54) is 56.2 Å². The van der Waals surface area contributed by atoms with Crippen molar-refractivity contribution in [3.63, 3.8) is 0 Å². The van der Waals surface area contributed by atoms with Crippen LogP contribution in [0.2, 0.25) is 0 Å². The van der Waals surface area contributed by atoms with Crippen molar-refractivity contribution in [1.82, 2.24) is 19.5 Å². The molecule has 0 aliphatic heterocycles. The molecule has 11 heteroatoms. The first-order chi connectivity index (χ1) is 13.8. The van der Waals surface area contributed by atoms with Crippen LogP contribution in [-0.2, 0) is 0 Å². The van der Waals surface area contributed by atoms with Gasteiger partial charge in [-0.2, -0.15) is 8.78 Å². The number of aromatic amines is 1. The third-order valence-corrected chi connectivity index (χ3v) is 4.61. The quantitative estimate of drug-likeness (QED) is 0.347. The third-order valence-electron chi connectivity index (χ3n) is 3.62. The van der Waals surface area contributed by atoms with Gasteiger partial charge >= 0.3 is 0 Å². The van der Waals surface area contributed by atoms with Crippen LogP contribution in [0.3, 0.4) is 0 Å². The average Bonchev–Trinajstić information content (AvgIpc) is 2.66. The van der Waals surface area contributed by atoms with Crippen LogP contribution in [0.1, 0.15) is 6.92 Å². The van der Waals surface area contributed by atoms with Crippen LogP contribution < -0.4 is 15.9 Å². The standard InChI is InChI=1S/C18H17F2N4O3PS/c1-2-29-17-23-13(11-5-6-21-14(25)7-11)8-16(26)24(17)12-3-4-15(22-9-12)27-10-18(19,20)28/h3-9H,2,10,28H2,1H3,(H,21,25). The summed E-state index contributed by atoms with van der Waals surface area (Å²) in [5.74, 6) is 0.671. The fourth-order valence-corrected chi connectivity index (χ4v) is 3.27. The Morgan fingerprint density at radius 3 is 2.69 bits per heavy atom. The van der Waals surface area contributed by atoms with E-state index in [0.29, 0.717) is 27.9 Å². The zero-order valence-electron chi connectivity index (χ0n) is 15.3. The van der Waals surface area contributed by atoms with E-state index in [0.717, 1.165) is 0 Å². The summed E-state index contributed by atoms with van der Waals surface area (Å²) in [6.07, 6.45) is 2.84. The van der Waals surface area contributed by atoms with Crippen LogP contribution in [0, 0.1) is 0 Å². The molecule has 3 aromatic rings. The minimum absolute atomic E-state index is 0.0155. The molecule has 3 aromatic heterocycles. The zero-order chi connectivity index (χ0) is 21.0. The first-order valence-electron chi connectivity index (χ1n) is 8.49. The van der Waals surface area contributed by atoms with Crippen LogP contribution in [0.25, 0.3) is 16.9 Å². The van der Waals surface area contributed by atoms with Crippen molar-refractivity contribution in [1.29, 1.82) is 0 Å². The van der Waals surface area contributed by atoms with E-state index in [9.17, 15) is 18.4 Å². The Labute approximate surface area is 170 Å². The number of hydrogen-bond donors (Lipinski definition) is 1. The number of H-pyrrole nitrogens is 1. The molecule has 0 aromatic carbocycles. The summed E-state index contributed by atoms with van der Waals surface area (Å²) in [5, 5.41) is 0.419. The molecule has 1 N–H and O–H groups in total. The van der Waals surface area contributed by atoms with Gasteiger partial charge in [0, 0.05) is 30.0 Å². The summed E-state index contributed by atoms with van der Waals surface area (Å²) in [6, 6.07) is 7.29. The number of aromatic nitrogens is 4. The van der Waals surface area contributed by atoms with Crippen molar-refractivity contribution in [2.24, 2.45) is 0 Å². The number of nitrogens with zero attached hydrogens (tertiary/aromatic N) is 3. The molecule has 0 amide bonds. The second-order valence-corrected chi connectivity index (χ2v) is 7.95. The van der Waals surface area contributed by atoms with E-state index in [1.807, 2.05) is 6.92 Å². The van der Waals surface area contributed by atoms with Gasteiger partial charge in [0.25, 0.3) is 11.2 Å². The molecule has 0 bridgehead atoms. The molecule has 1 unspecified atom stereocenters. The van der Waals surface area contributed by atoms with Gasteiger partial charge in [0.1, 0.15) is 0 Å². The molecular formula is C18H17F2N4O3PS. The first-order valence-corrected chi connectivity index (χ1v) is 10.0. The number of pyridine rings is 2. The SMILES string of the molecule is CCSc1nc(-c2cc[nH]c(=O)c2)cc(=O)n1-c1ccc(OCC(F)(F)P)nc1. The van der Waals surface area contributed by atoms with E-state index in [4.69, 9.17) is 4.74 Å². The number of halogens is 2. The Balaban J connectivity index is 1.98. The van der Waals surface area contributed by atoms with Crippen molar-refractivity contribution in [2.75, 3.05) is 12.4 Å². The lowest BCUT2D eigenvalue weighted by Gasteiger charge is -2.14. The van der Waals surface area contributed by atoms with E-state index in [2.05, 4.69) is 15.0 Å². The van der Waals surface area contributed by atoms with E-state index in [-0.39, 0.29) is 17.0 Å². The first kappa shape index (κ1) is 21.1. The fourth-order valence-electron chi connectivity index (χ4n) is 2.44. The van der Waals surface area contributed by atoms with Crippen LogP contribution >= 0.6 is 21.0 Å². The van der Waals surface area contributed by atoms with Gasteiger partial charge in [0.05, 0.1) is 17.6 Å². The maximum atomic E-state index is 12.9. The van der Waals surface area contributed by atoms with Gasteiger partial charge in [-0.25, -0.2) is 9.97 Å². The summed E-state index contributed by atoms with van der Waals surface area (Å²) in [6.45, 7) is 1.09. The monoisotopic (exact) mass is 438 g/mol. The molecule has 0 saturated carbocycles. The summed E-state index contributed by atoms with van der Waals surface area (Å²) >= 11 is 1.35. The highest BCUT2D eigenvalue weighted by atomic mass is 32.2. The lowest BCUT2D eigenvalue weighted by molar-refractivity contribution is 0.0443. The zero-order valence-corrected chi connectivity index (χ0v) is 17.2. The van der Waals surface area contributed by atoms with E-state index < -0.39 is 12.3 Å². The molecule has 3 rings (SSSR count). The van der Waals surface area contributed by atoms with Crippen molar-refractivity contribution >= 4 is 21.0 Å². The minimum Gasteiger partial charge on any atom is -0.471 e. The number of ether oxygens (including phenoxy) is 1. The Bertz CT molecular complexity index is 1110. The predicted octanol–water partition coefficient (Wildman–Crippen LogP) is 2.94. The van der Waals surface area contributed by atoms with Gasteiger partial charge in [-0.3, -0.25) is 14.2 Å². The molecule has 0 aliphatic carbocycles. The second-order valence-electron chi connectivity index (χ2n) is 5.88. The van der Waals surface area contributed by atoms with Gasteiger partial charge in [0.15, 0.2) is 11.8 Å². The minimum atomic E-state index is -3.05. The normalized spacial score (nSPS) is 11.4. The van der Waals surface area contributed by atoms with Crippen molar-refractivity contribution in [2.45, 2.75) is 17.7 Å². The largest absolute Gasteiger partial charge is 0.471 e. The molecule has 0 spiro atoms. The highest BCUT2D eigenvalue weighted by molar-refractivity contribution is 7.99. The number of rotatable bonds is 7. The molecule has 0 radical (unpaired) electrons. The third kappa shape index (κ3) is 5.48. The van der Waals surface area contributed by atoms with Crippen molar-refractivity contribution in [3.05, 3.63) is 63.4 Å². The van der Waals surface area contributed by atoms with Crippen LogP contribution in [0.5, 0.6) is 5.88 Å². The molecule has 29 heavy (non-hydrogen) atoms. The summed E-state index contributed by atoms with van der Waals surface area (Å²) < 4.78 is 32.1. The molecule has 3 heterocycles. The molecule has 1 atom stereocenters. The number of hydrogen-bond acceptors (Lipinski definition) is 6. The van der Waals surface area contributed by atoms with Gasteiger partial charge in [-0.1, -0.05) is 27.9 Å². The number of thioether (sulfide) groups is 1. The van der Waals surface area contributed by atoms with Gasteiger partial charge in [-0.05, 0) is 17.9 Å². The highest BCUT2D eigenvalue weighted by Gasteiger charge is 2.22. The van der Waals surface area contributed by atoms with Gasteiger partial charge in [0.2, 0.25) is 11.4 Å². The predicted molar refractivity (Wildman–Crippen MR) is 110 cm³/mol. The smallest absolute Gasteiger partial charge is 0.292 e. The van der Waals surface area contributed by atoms with E-state index in [1.54, 1.807) is 12.1 Å². The molecule has 0 saturated heterocycles. The number of nitrogens with one attached hydrogen (secondary N) is 1. The molecule has 0 aliphatic rings. The van der Waals surface area contributed by atoms with E-state index >= 15 is 0 Å². The average molecular weight is 438 g/mol. The maximum absolute atomic E-state index is 12.9. The Morgan fingerprint density at radius 1 is 1.28 bits per heavy atom. The van der Waals surface area contributed by atoms with Crippen molar-refractivity contribution in [3.8, 4) is 22.8 Å². The molecular weight excluding hydrogens is 421 g/mol. The van der Waals surface area contributed by atoms with Crippen LogP contribution in [-0.4, -0.2) is 37.5 Å². The van der Waals surface area contributed by atoms with Crippen molar-refractivity contribution < 1.29 is 13.5 Å². The summed E-state index contributed by atoms with van der Waals surface area (Å²) in [5.41, 5.74) is -2.39. The Kier molecular flexibility index (Phi) is 6.44. The molecule has 7 nitrogen and oxygen atoms in total. The fraction of sp³-hybridized carbons (Fsp3) is 0.222. The molecule has 0 fully saturated rings.